The van der Waals surface area contributed by atoms with Gasteiger partial charge in [-0.05, 0) is 50.6 Å². The normalized spacial score (nSPS) is 22.4. The molecule has 2 atom stereocenters. The maximum absolute atomic E-state index is 5.92. The summed E-state index contributed by atoms with van der Waals surface area (Å²) >= 11 is 5.92. The molecule has 2 unspecified atom stereocenters. The predicted octanol–water partition coefficient (Wildman–Crippen LogP) is 3.13. The molecule has 94 valence electrons. The van der Waals surface area contributed by atoms with Gasteiger partial charge in [-0.25, -0.2) is 0 Å². The average molecular weight is 253 g/mol. The zero-order valence-corrected chi connectivity index (χ0v) is 11.1. The van der Waals surface area contributed by atoms with Crippen molar-refractivity contribution in [3.63, 3.8) is 0 Å². The molecular formula is C14H21ClN2. The van der Waals surface area contributed by atoms with Crippen molar-refractivity contribution in [3.05, 3.63) is 34.9 Å². The van der Waals surface area contributed by atoms with Gasteiger partial charge in [0.25, 0.3) is 0 Å². The smallest absolute Gasteiger partial charge is 0.0406 e. The van der Waals surface area contributed by atoms with Crippen LogP contribution in [0.3, 0.4) is 0 Å². The van der Waals surface area contributed by atoms with Gasteiger partial charge in [-0.2, -0.15) is 0 Å². The molecule has 1 aliphatic heterocycles. The fourth-order valence-electron chi connectivity index (χ4n) is 2.53. The van der Waals surface area contributed by atoms with Crippen molar-refractivity contribution in [2.24, 2.45) is 0 Å². The van der Waals surface area contributed by atoms with Crippen LogP contribution in [0.5, 0.6) is 0 Å². The van der Waals surface area contributed by atoms with Crippen LogP contribution < -0.4 is 10.6 Å². The maximum atomic E-state index is 5.92. The van der Waals surface area contributed by atoms with E-state index in [1.54, 1.807) is 0 Å². The summed E-state index contributed by atoms with van der Waals surface area (Å²) in [6, 6.07) is 9.24. The summed E-state index contributed by atoms with van der Waals surface area (Å²) in [5, 5.41) is 7.81. The molecule has 0 aliphatic carbocycles. The first-order valence-electron chi connectivity index (χ1n) is 6.45. The van der Waals surface area contributed by atoms with Gasteiger partial charge in [0.05, 0.1) is 0 Å². The number of halogens is 1. The van der Waals surface area contributed by atoms with Crippen molar-refractivity contribution in [2.45, 2.75) is 37.8 Å². The van der Waals surface area contributed by atoms with Crippen LogP contribution in [-0.2, 0) is 0 Å². The first-order valence-corrected chi connectivity index (χ1v) is 6.83. The van der Waals surface area contributed by atoms with E-state index in [2.05, 4.69) is 22.8 Å². The minimum atomic E-state index is 0.419. The Morgan fingerprint density at radius 2 is 2.12 bits per heavy atom. The molecule has 0 spiro atoms. The van der Waals surface area contributed by atoms with E-state index < -0.39 is 0 Å². The Bertz CT molecular complexity index is 331. The molecule has 1 saturated heterocycles. The van der Waals surface area contributed by atoms with Gasteiger partial charge in [-0.15, -0.1) is 0 Å². The number of nitrogens with one attached hydrogen (secondary N) is 2. The lowest BCUT2D eigenvalue weighted by Crippen LogP contribution is -2.37. The quantitative estimate of drug-likeness (QED) is 0.860. The molecule has 2 rings (SSSR count). The van der Waals surface area contributed by atoms with Crippen molar-refractivity contribution in [1.82, 2.24) is 10.6 Å². The molecule has 1 heterocycles. The van der Waals surface area contributed by atoms with Crippen LogP contribution in [0.4, 0.5) is 0 Å². The minimum Gasteiger partial charge on any atom is -0.314 e. The van der Waals surface area contributed by atoms with E-state index in [4.69, 9.17) is 11.6 Å². The van der Waals surface area contributed by atoms with Gasteiger partial charge in [0.2, 0.25) is 0 Å². The third-order valence-electron chi connectivity index (χ3n) is 3.55. The van der Waals surface area contributed by atoms with Gasteiger partial charge < -0.3 is 10.6 Å². The first-order chi connectivity index (χ1) is 8.29. The fourth-order valence-corrected chi connectivity index (χ4v) is 2.65. The Morgan fingerprint density at radius 3 is 2.71 bits per heavy atom. The van der Waals surface area contributed by atoms with Gasteiger partial charge in [0.1, 0.15) is 0 Å². The molecular weight excluding hydrogens is 232 g/mol. The van der Waals surface area contributed by atoms with E-state index in [1.165, 1.54) is 31.4 Å². The Balaban J connectivity index is 1.97. The van der Waals surface area contributed by atoms with Gasteiger partial charge in [-0.3, -0.25) is 0 Å². The monoisotopic (exact) mass is 252 g/mol. The van der Waals surface area contributed by atoms with Crippen LogP contribution in [0.15, 0.2) is 24.3 Å². The Labute approximate surface area is 109 Å². The van der Waals surface area contributed by atoms with Crippen molar-refractivity contribution in [1.29, 1.82) is 0 Å². The predicted molar refractivity (Wildman–Crippen MR) is 73.5 cm³/mol. The molecule has 3 heteroatoms. The van der Waals surface area contributed by atoms with Crippen LogP contribution >= 0.6 is 11.6 Å². The van der Waals surface area contributed by atoms with Crippen LogP contribution in [0.1, 0.15) is 37.3 Å². The molecule has 0 radical (unpaired) electrons. The van der Waals surface area contributed by atoms with Crippen LogP contribution in [0, 0.1) is 0 Å². The lowest BCUT2D eigenvalue weighted by Gasteiger charge is -2.28. The Morgan fingerprint density at radius 1 is 1.35 bits per heavy atom. The molecule has 2 nitrogen and oxygen atoms in total. The number of rotatable bonds is 4. The van der Waals surface area contributed by atoms with Crippen molar-refractivity contribution >= 4 is 11.6 Å². The molecule has 0 bridgehead atoms. The van der Waals surface area contributed by atoms with Crippen LogP contribution in [0.25, 0.3) is 0 Å². The van der Waals surface area contributed by atoms with Gasteiger partial charge in [0.15, 0.2) is 0 Å². The van der Waals surface area contributed by atoms with Crippen LogP contribution in [0.2, 0.25) is 5.02 Å². The van der Waals surface area contributed by atoms with E-state index in [9.17, 15) is 0 Å². The highest BCUT2D eigenvalue weighted by molar-refractivity contribution is 6.30. The third kappa shape index (κ3) is 3.70. The van der Waals surface area contributed by atoms with Crippen LogP contribution in [-0.4, -0.2) is 19.6 Å². The molecule has 2 N–H and O–H groups in total. The summed E-state index contributed by atoms with van der Waals surface area (Å²) in [7, 11) is 2.03. The summed E-state index contributed by atoms with van der Waals surface area (Å²) in [5.74, 6) is 0. The van der Waals surface area contributed by atoms with E-state index in [0.717, 1.165) is 11.4 Å². The number of hydrogen-bond donors (Lipinski definition) is 2. The molecule has 1 aliphatic rings. The second kappa shape index (κ2) is 6.39. The lowest BCUT2D eigenvalue weighted by atomic mass is 9.94. The maximum Gasteiger partial charge on any atom is 0.0406 e. The van der Waals surface area contributed by atoms with E-state index >= 15 is 0 Å². The summed E-state index contributed by atoms with van der Waals surface area (Å²) in [6.45, 7) is 1.17. The number of hydrogen-bond acceptors (Lipinski definition) is 2. The molecule has 0 amide bonds. The molecule has 1 fully saturated rings. The zero-order valence-electron chi connectivity index (χ0n) is 10.4. The summed E-state index contributed by atoms with van der Waals surface area (Å²) in [6.07, 6.45) is 5.13. The second-order valence-corrected chi connectivity index (χ2v) is 5.21. The van der Waals surface area contributed by atoms with E-state index in [0.29, 0.717) is 12.1 Å². The van der Waals surface area contributed by atoms with E-state index in [1.807, 2.05) is 19.2 Å². The standard InChI is InChI=1S/C14H21ClN2/c1-16-14(10-13-4-2-3-9-17-13)11-5-7-12(15)8-6-11/h5-8,13-14,16-17H,2-4,9-10H2,1H3. The average Bonchev–Trinajstić information content (AvgIpc) is 2.38. The molecule has 17 heavy (non-hydrogen) atoms. The zero-order chi connectivity index (χ0) is 12.1. The first kappa shape index (κ1) is 12.9. The highest BCUT2D eigenvalue weighted by Gasteiger charge is 2.18. The third-order valence-corrected chi connectivity index (χ3v) is 3.81. The SMILES string of the molecule is CNC(CC1CCCCN1)c1ccc(Cl)cc1. The number of benzene rings is 1. The highest BCUT2D eigenvalue weighted by atomic mass is 35.5. The summed E-state index contributed by atoms with van der Waals surface area (Å²) in [4.78, 5) is 0. The largest absolute Gasteiger partial charge is 0.314 e. The summed E-state index contributed by atoms with van der Waals surface area (Å²) < 4.78 is 0. The highest BCUT2D eigenvalue weighted by Crippen LogP contribution is 2.23. The molecule has 1 aromatic rings. The topological polar surface area (TPSA) is 24.1 Å². The molecule has 0 saturated carbocycles. The van der Waals surface area contributed by atoms with Gasteiger partial charge >= 0.3 is 0 Å². The second-order valence-electron chi connectivity index (χ2n) is 4.78. The lowest BCUT2D eigenvalue weighted by molar-refractivity contribution is 0.347. The van der Waals surface area contributed by atoms with Crippen molar-refractivity contribution in [3.8, 4) is 0 Å². The number of piperidine rings is 1. The van der Waals surface area contributed by atoms with Crippen molar-refractivity contribution < 1.29 is 0 Å². The summed E-state index contributed by atoms with van der Waals surface area (Å²) in [5.41, 5.74) is 1.32. The minimum absolute atomic E-state index is 0.419. The van der Waals surface area contributed by atoms with Gasteiger partial charge in [-0.1, -0.05) is 30.2 Å². The van der Waals surface area contributed by atoms with Gasteiger partial charge in [0, 0.05) is 17.1 Å². The Kier molecular flexibility index (Phi) is 4.84. The Hall–Kier alpha value is -0.570. The molecule has 1 aromatic carbocycles. The fraction of sp³-hybridized carbons (Fsp3) is 0.571. The molecule has 0 aromatic heterocycles. The van der Waals surface area contributed by atoms with Crippen molar-refractivity contribution in [2.75, 3.05) is 13.6 Å². The van der Waals surface area contributed by atoms with E-state index in [-0.39, 0.29) is 0 Å².